The number of rotatable bonds is 5. The van der Waals surface area contributed by atoms with E-state index in [9.17, 15) is 9.59 Å². The van der Waals surface area contributed by atoms with E-state index >= 15 is 0 Å². The molecule has 1 heterocycles. The van der Waals surface area contributed by atoms with Gasteiger partial charge in [-0.3, -0.25) is 4.79 Å². The van der Waals surface area contributed by atoms with Crippen LogP contribution in [0.15, 0.2) is 65.2 Å². The highest BCUT2D eigenvalue weighted by Gasteiger charge is 2.23. The lowest BCUT2D eigenvalue weighted by molar-refractivity contribution is -0.137. The van der Waals surface area contributed by atoms with Gasteiger partial charge in [-0.05, 0) is 19.1 Å². The highest BCUT2D eigenvalue weighted by atomic mass is 16.5. The van der Waals surface area contributed by atoms with E-state index in [-0.39, 0.29) is 11.5 Å². The minimum absolute atomic E-state index is 0.289. The SMILES string of the molecule is C[C@@H](OC(=O)c1ccccc1-c1ncc(-c2ccccc2)o1)C(=O)N(C)C. The van der Waals surface area contributed by atoms with E-state index in [1.54, 1.807) is 51.5 Å². The largest absolute Gasteiger partial charge is 0.449 e. The molecule has 0 saturated carbocycles. The monoisotopic (exact) mass is 364 g/mol. The van der Waals surface area contributed by atoms with Crippen LogP contribution in [0.4, 0.5) is 0 Å². The Balaban J connectivity index is 1.88. The van der Waals surface area contributed by atoms with Crippen LogP contribution in [0.2, 0.25) is 0 Å². The first kappa shape index (κ1) is 18.4. The number of oxazole rings is 1. The number of carbonyl (C=O) groups is 2. The van der Waals surface area contributed by atoms with Crippen molar-refractivity contribution in [3.05, 3.63) is 66.4 Å². The topological polar surface area (TPSA) is 72.6 Å². The van der Waals surface area contributed by atoms with Crippen molar-refractivity contribution >= 4 is 11.9 Å². The number of amides is 1. The number of aromatic nitrogens is 1. The van der Waals surface area contributed by atoms with E-state index < -0.39 is 12.1 Å². The molecule has 0 saturated heterocycles. The molecule has 0 aliphatic carbocycles. The summed E-state index contributed by atoms with van der Waals surface area (Å²) in [7, 11) is 3.22. The molecule has 6 nitrogen and oxygen atoms in total. The molecule has 0 bridgehead atoms. The van der Waals surface area contributed by atoms with Crippen LogP contribution in [-0.4, -0.2) is 42.0 Å². The van der Waals surface area contributed by atoms with Crippen LogP contribution in [0.25, 0.3) is 22.8 Å². The summed E-state index contributed by atoms with van der Waals surface area (Å²) in [5, 5.41) is 0. The number of ether oxygens (including phenoxy) is 1. The molecule has 0 aliphatic heterocycles. The summed E-state index contributed by atoms with van der Waals surface area (Å²) in [5.41, 5.74) is 1.69. The average Bonchev–Trinajstić information content (AvgIpc) is 3.18. The predicted molar refractivity (Wildman–Crippen MR) is 101 cm³/mol. The molecule has 0 aliphatic rings. The van der Waals surface area contributed by atoms with Crippen LogP contribution >= 0.6 is 0 Å². The zero-order valence-corrected chi connectivity index (χ0v) is 15.4. The Morgan fingerprint density at radius 3 is 2.41 bits per heavy atom. The Morgan fingerprint density at radius 2 is 1.70 bits per heavy atom. The Hall–Kier alpha value is -3.41. The smallest absolute Gasteiger partial charge is 0.339 e. The quantitative estimate of drug-likeness (QED) is 0.646. The Labute approximate surface area is 157 Å². The second-order valence-corrected chi connectivity index (χ2v) is 6.22. The van der Waals surface area contributed by atoms with Crippen molar-refractivity contribution < 1.29 is 18.7 Å². The van der Waals surface area contributed by atoms with Crippen molar-refractivity contribution in [3.8, 4) is 22.8 Å². The number of carbonyl (C=O) groups excluding carboxylic acids is 2. The molecule has 27 heavy (non-hydrogen) atoms. The third-order valence-electron chi connectivity index (χ3n) is 4.01. The lowest BCUT2D eigenvalue weighted by Gasteiger charge is -2.17. The first-order valence-corrected chi connectivity index (χ1v) is 8.50. The van der Waals surface area contributed by atoms with Gasteiger partial charge in [0.15, 0.2) is 11.9 Å². The van der Waals surface area contributed by atoms with Crippen LogP contribution in [0.1, 0.15) is 17.3 Å². The van der Waals surface area contributed by atoms with Gasteiger partial charge in [0.05, 0.1) is 17.3 Å². The van der Waals surface area contributed by atoms with Gasteiger partial charge in [-0.15, -0.1) is 0 Å². The van der Waals surface area contributed by atoms with Gasteiger partial charge in [0.2, 0.25) is 5.89 Å². The molecule has 1 amide bonds. The molecule has 2 aromatic carbocycles. The normalized spacial score (nSPS) is 11.7. The zero-order valence-electron chi connectivity index (χ0n) is 15.4. The Morgan fingerprint density at radius 1 is 1.04 bits per heavy atom. The van der Waals surface area contributed by atoms with Crippen LogP contribution in [-0.2, 0) is 9.53 Å². The molecule has 0 radical (unpaired) electrons. The number of nitrogens with zero attached hydrogens (tertiary/aromatic N) is 2. The van der Waals surface area contributed by atoms with Gasteiger partial charge in [0.25, 0.3) is 5.91 Å². The maximum atomic E-state index is 12.6. The number of likely N-dealkylation sites (N-methyl/N-ethyl adjacent to an activating group) is 1. The number of esters is 1. The highest BCUT2D eigenvalue weighted by Crippen LogP contribution is 2.28. The van der Waals surface area contributed by atoms with E-state index in [2.05, 4.69) is 4.98 Å². The van der Waals surface area contributed by atoms with E-state index in [0.717, 1.165) is 5.56 Å². The summed E-state index contributed by atoms with van der Waals surface area (Å²) in [6.07, 6.45) is 0.732. The van der Waals surface area contributed by atoms with Crippen LogP contribution in [0.5, 0.6) is 0 Å². The van der Waals surface area contributed by atoms with Gasteiger partial charge in [-0.1, -0.05) is 42.5 Å². The van der Waals surface area contributed by atoms with Gasteiger partial charge in [-0.2, -0.15) is 0 Å². The molecule has 1 aromatic heterocycles. The van der Waals surface area contributed by atoms with Crippen molar-refractivity contribution in [1.82, 2.24) is 9.88 Å². The predicted octanol–water partition coefficient (Wildman–Crippen LogP) is 3.64. The summed E-state index contributed by atoms with van der Waals surface area (Å²) in [6, 6.07) is 16.4. The number of hydrogen-bond acceptors (Lipinski definition) is 5. The Bertz CT molecular complexity index is 948. The first-order valence-electron chi connectivity index (χ1n) is 8.50. The van der Waals surface area contributed by atoms with E-state index in [4.69, 9.17) is 9.15 Å². The second-order valence-electron chi connectivity index (χ2n) is 6.22. The molecule has 0 unspecified atom stereocenters. The summed E-state index contributed by atoms with van der Waals surface area (Å²) in [5.74, 6) is 0.0222. The zero-order chi connectivity index (χ0) is 19.4. The molecule has 0 N–H and O–H groups in total. The second kappa shape index (κ2) is 7.86. The van der Waals surface area contributed by atoms with Gasteiger partial charge >= 0.3 is 5.97 Å². The lowest BCUT2D eigenvalue weighted by Crippen LogP contribution is -2.35. The van der Waals surface area contributed by atoms with Crippen LogP contribution < -0.4 is 0 Å². The molecule has 0 fully saturated rings. The van der Waals surface area contributed by atoms with Crippen molar-refractivity contribution in [2.75, 3.05) is 14.1 Å². The maximum Gasteiger partial charge on any atom is 0.339 e. The third kappa shape index (κ3) is 4.06. The fourth-order valence-corrected chi connectivity index (χ4v) is 2.62. The van der Waals surface area contributed by atoms with Gasteiger partial charge < -0.3 is 14.1 Å². The van der Waals surface area contributed by atoms with Crippen molar-refractivity contribution in [2.45, 2.75) is 13.0 Å². The lowest BCUT2D eigenvalue weighted by atomic mass is 10.1. The molecule has 0 spiro atoms. The molecule has 6 heteroatoms. The molecular formula is C21H20N2O4. The van der Waals surface area contributed by atoms with Gasteiger partial charge in [0.1, 0.15) is 0 Å². The fraction of sp³-hybridized carbons (Fsp3) is 0.190. The van der Waals surface area contributed by atoms with Gasteiger partial charge in [-0.25, -0.2) is 9.78 Å². The summed E-state index contributed by atoms with van der Waals surface area (Å²) < 4.78 is 11.2. The molecule has 3 aromatic rings. The summed E-state index contributed by atoms with van der Waals surface area (Å²) in [6.45, 7) is 1.54. The molecule has 1 atom stereocenters. The molecule has 3 rings (SSSR count). The van der Waals surface area contributed by atoms with Crippen molar-refractivity contribution in [2.24, 2.45) is 0 Å². The van der Waals surface area contributed by atoms with Crippen molar-refractivity contribution in [3.63, 3.8) is 0 Å². The van der Waals surface area contributed by atoms with E-state index in [1.165, 1.54) is 4.90 Å². The van der Waals surface area contributed by atoms with Gasteiger partial charge in [0, 0.05) is 19.7 Å². The summed E-state index contributed by atoms with van der Waals surface area (Å²) >= 11 is 0. The standard InChI is InChI=1S/C21H20N2O4/c1-14(20(24)23(2)3)26-21(25)17-12-8-7-11-16(17)19-22-13-18(27-19)15-9-5-4-6-10-15/h4-14H,1-3H3/t14-/m1/s1. The van der Waals surface area contributed by atoms with E-state index in [1.807, 2.05) is 30.3 Å². The molecule has 138 valence electrons. The minimum Gasteiger partial charge on any atom is -0.449 e. The minimum atomic E-state index is -0.884. The number of hydrogen-bond donors (Lipinski definition) is 0. The Kier molecular flexibility index (Phi) is 5.35. The third-order valence-corrected chi connectivity index (χ3v) is 4.01. The van der Waals surface area contributed by atoms with E-state index in [0.29, 0.717) is 17.2 Å². The van der Waals surface area contributed by atoms with Crippen LogP contribution in [0, 0.1) is 0 Å². The van der Waals surface area contributed by atoms with Crippen LogP contribution in [0.3, 0.4) is 0 Å². The molecular weight excluding hydrogens is 344 g/mol. The maximum absolute atomic E-state index is 12.6. The number of benzene rings is 2. The highest BCUT2D eigenvalue weighted by molar-refractivity contribution is 5.97. The average molecular weight is 364 g/mol. The van der Waals surface area contributed by atoms with Crippen molar-refractivity contribution in [1.29, 1.82) is 0 Å². The summed E-state index contributed by atoms with van der Waals surface area (Å²) in [4.78, 5) is 30.2. The first-order chi connectivity index (χ1) is 13.0. The fourth-order valence-electron chi connectivity index (χ4n) is 2.62.